The molecule has 42 heavy (non-hydrogen) atoms. The summed E-state index contributed by atoms with van der Waals surface area (Å²) in [6.07, 6.45) is 5.44. The lowest BCUT2D eigenvalue weighted by Gasteiger charge is -2.34. The van der Waals surface area contributed by atoms with E-state index in [-0.39, 0.29) is 42.7 Å². The molecule has 0 bridgehead atoms. The van der Waals surface area contributed by atoms with Gasteiger partial charge in [0.1, 0.15) is 18.4 Å². The van der Waals surface area contributed by atoms with Crippen LogP contribution in [0, 0.1) is 5.82 Å². The summed E-state index contributed by atoms with van der Waals surface area (Å²) in [6, 6.07) is 26.1. The summed E-state index contributed by atoms with van der Waals surface area (Å²) in [4.78, 5) is 44.9. The zero-order chi connectivity index (χ0) is 29.1. The van der Waals surface area contributed by atoms with Crippen LogP contribution in [0.4, 0.5) is 10.1 Å². The first-order valence-electron chi connectivity index (χ1n) is 14.7. The van der Waals surface area contributed by atoms with Gasteiger partial charge in [-0.15, -0.1) is 0 Å². The second-order valence-corrected chi connectivity index (χ2v) is 11.3. The average molecular weight is 564 g/mol. The number of anilines is 1. The topological polar surface area (TPSA) is 69.7 Å². The predicted molar refractivity (Wildman–Crippen MR) is 162 cm³/mol. The van der Waals surface area contributed by atoms with Crippen LogP contribution in [0.5, 0.6) is 0 Å². The van der Waals surface area contributed by atoms with Gasteiger partial charge >= 0.3 is 0 Å². The van der Waals surface area contributed by atoms with E-state index in [0.717, 1.165) is 48.4 Å². The van der Waals surface area contributed by atoms with Gasteiger partial charge in [-0.25, -0.2) is 4.39 Å². The van der Waals surface area contributed by atoms with Gasteiger partial charge < -0.3 is 10.2 Å². The van der Waals surface area contributed by atoms with Crippen molar-refractivity contribution >= 4 is 34.2 Å². The molecule has 1 aliphatic heterocycles. The molecule has 1 heterocycles. The Morgan fingerprint density at radius 3 is 2.31 bits per heavy atom. The first-order chi connectivity index (χ1) is 20.5. The Bertz CT molecular complexity index is 1590. The Hall–Kier alpha value is -4.52. The summed E-state index contributed by atoms with van der Waals surface area (Å²) in [5.74, 6) is -1.17. The Labute approximate surface area is 245 Å². The Morgan fingerprint density at radius 1 is 0.857 bits per heavy atom. The first kappa shape index (κ1) is 27.6. The molecule has 0 saturated heterocycles. The monoisotopic (exact) mass is 563 g/mol. The second kappa shape index (κ2) is 12.1. The first-order valence-corrected chi connectivity index (χ1v) is 14.7. The van der Waals surface area contributed by atoms with Crippen molar-refractivity contribution in [2.75, 3.05) is 11.4 Å². The highest BCUT2D eigenvalue weighted by Gasteiger charge is 2.36. The van der Waals surface area contributed by atoms with Crippen LogP contribution in [-0.4, -0.2) is 41.2 Å². The Morgan fingerprint density at radius 2 is 1.57 bits per heavy atom. The number of benzene rings is 4. The minimum Gasteiger partial charge on any atom is -0.352 e. The van der Waals surface area contributed by atoms with E-state index < -0.39 is 6.04 Å². The molecule has 1 N–H and O–H groups in total. The van der Waals surface area contributed by atoms with Crippen molar-refractivity contribution in [1.82, 2.24) is 10.2 Å². The number of halogens is 1. The number of carbonyl (C=O) groups is 3. The maximum absolute atomic E-state index is 14.3. The van der Waals surface area contributed by atoms with Gasteiger partial charge in [-0.3, -0.25) is 19.3 Å². The smallest absolute Gasteiger partial charge is 0.259 e. The number of nitrogens with zero attached hydrogens (tertiary/aromatic N) is 2. The number of amides is 3. The van der Waals surface area contributed by atoms with Crippen molar-refractivity contribution in [1.29, 1.82) is 0 Å². The third kappa shape index (κ3) is 5.77. The van der Waals surface area contributed by atoms with E-state index >= 15 is 0 Å². The Balaban J connectivity index is 1.34. The van der Waals surface area contributed by atoms with Crippen LogP contribution in [0.25, 0.3) is 10.8 Å². The Kier molecular flexibility index (Phi) is 8.00. The number of nitrogens with one attached hydrogen (secondary N) is 1. The molecule has 4 aromatic carbocycles. The molecular weight excluding hydrogens is 529 g/mol. The fourth-order valence-corrected chi connectivity index (χ4v) is 6.25. The molecular formula is C35H34FN3O3. The lowest BCUT2D eigenvalue weighted by Crippen LogP contribution is -2.54. The second-order valence-electron chi connectivity index (χ2n) is 11.3. The van der Waals surface area contributed by atoms with Gasteiger partial charge in [0.25, 0.3) is 5.91 Å². The van der Waals surface area contributed by atoms with Crippen LogP contribution in [0.3, 0.4) is 0 Å². The average Bonchev–Trinajstić information content (AvgIpc) is 3.28. The van der Waals surface area contributed by atoms with Crippen LogP contribution < -0.4 is 10.2 Å². The highest BCUT2D eigenvalue weighted by molar-refractivity contribution is 6.26. The molecule has 1 fully saturated rings. The lowest BCUT2D eigenvalue weighted by molar-refractivity contribution is -0.140. The minimum absolute atomic E-state index is 0.0690. The van der Waals surface area contributed by atoms with E-state index in [1.165, 1.54) is 17.0 Å². The molecule has 2 aliphatic rings. The molecule has 4 aromatic rings. The van der Waals surface area contributed by atoms with Crippen LogP contribution in [0.15, 0.2) is 91.0 Å². The summed E-state index contributed by atoms with van der Waals surface area (Å²) in [6.45, 7) is -0.107. The largest absolute Gasteiger partial charge is 0.352 e. The van der Waals surface area contributed by atoms with E-state index in [9.17, 15) is 18.8 Å². The molecule has 1 unspecified atom stereocenters. The highest BCUT2D eigenvalue weighted by atomic mass is 19.1. The van der Waals surface area contributed by atoms with Crippen LogP contribution in [-0.2, 0) is 22.6 Å². The molecule has 6 rings (SSSR count). The van der Waals surface area contributed by atoms with Crippen molar-refractivity contribution < 1.29 is 18.8 Å². The summed E-state index contributed by atoms with van der Waals surface area (Å²) >= 11 is 0. The molecule has 1 atom stereocenters. The molecule has 1 saturated carbocycles. The van der Waals surface area contributed by atoms with Gasteiger partial charge in [0.05, 0.1) is 5.69 Å². The third-order valence-corrected chi connectivity index (χ3v) is 8.43. The van der Waals surface area contributed by atoms with E-state index in [0.29, 0.717) is 23.2 Å². The van der Waals surface area contributed by atoms with E-state index in [1.54, 1.807) is 23.1 Å². The van der Waals surface area contributed by atoms with Gasteiger partial charge in [0.15, 0.2) is 0 Å². The summed E-state index contributed by atoms with van der Waals surface area (Å²) < 4.78 is 13.8. The summed E-state index contributed by atoms with van der Waals surface area (Å²) in [5.41, 5.74) is 2.88. The molecule has 214 valence electrons. The SMILES string of the molecule is O=C(NC1CCCCC1)C(Cc1ccccc1)N(Cc1ccc(F)cc1)C(=O)CN1C(=O)c2cccc3cccc1c23. The molecule has 0 spiro atoms. The molecule has 0 aromatic heterocycles. The molecule has 3 amide bonds. The van der Waals surface area contributed by atoms with E-state index in [2.05, 4.69) is 5.32 Å². The third-order valence-electron chi connectivity index (χ3n) is 8.43. The van der Waals surface area contributed by atoms with Gasteiger partial charge in [-0.05, 0) is 53.6 Å². The molecule has 0 radical (unpaired) electrons. The van der Waals surface area contributed by atoms with Gasteiger partial charge in [-0.1, -0.05) is 86.0 Å². The highest BCUT2D eigenvalue weighted by Crippen LogP contribution is 2.37. The quantitative estimate of drug-likeness (QED) is 0.271. The zero-order valence-corrected chi connectivity index (χ0v) is 23.5. The van der Waals surface area contributed by atoms with Crippen molar-refractivity contribution in [3.8, 4) is 0 Å². The molecule has 7 heteroatoms. The van der Waals surface area contributed by atoms with Crippen molar-refractivity contribution in [3.05, 3.63) is 114 Å². The normalized spacial score (nSPS) is 15.5. The number of hydrogen-bond donors (Lipinski definition) is 1. The zero-order valence-electron chi connectivity index (χ0n) is 23.5. The van der Waals surface area contributed by atoms with E-state index in [1.807, 2.05) is 60.7 Å². The van der Waals surface area contributed by atoms with Crippen molar-refractivity contribution in [3.63, 3.8) is 0 Å². The van der Waals surface area contributed by atoms with Crippen molar-refractivity contribution in [2.24, 2.45) is 0 Å². The lowest BCUT2D eigenvalue weighted by atomic mass is 9.94. The predicted octanol–water partition coefficient (Wildman–Crippen LogP) is 6.03. The fourth-order valence-electron chi connectivity index (χ4n) is 6.25. The molecule has 1 aliphatic carbocycles. The maximum Gasteiger partial charge on any atom is 0.259 e. The maximum atomic E-state index is 14.3. The summed E-state index contributed by atoms with van der Waals surface area (Å²) in [5, 5.41) is 5.00. The number of hydrogen-bond acceptors (Lipinski definition) is 3. The fraction of sp³-hybridized carbons (Fsp3) is 0.286. The van der Waals surface area contributed by atoms with E-state index in [4.69, 9.17) is 0 Å². The standard InChI is InChI=1S/C35H34FN3O3/c36-27-19-17-25(18-20-27)22-38(31(21-24-9-3-1-4-10-24)34(41)37-28-13-5-2-6-14-28)32(40)23-39-30-16-8-12-26-11-7-15-29(33(26)30)35(39)42/h1,3-4,7-12,15-20,28,31H,2,5-6,13-14,21-23H2,(H,37,41). The molecule has 6 nitrogen and oxygen atoms in total. The van der Waals surface area contributed by atoms with Crippen LogP contribution >= 0.6 is 0 Å². The van der Waals surface area contributed by atoms with Crippen LogP contribution in [0.1, 0.15) is 53.6 Å². The van der Waals surface area contributed by atoms with Crippen molar-refractivity contribution in [2.45, 2.75) is 57.2 Å². The number of carbonyl (C=O) groups excluding carboxylic acids is 3. The summed E-state index contributed by atoms with van der Waals surface area (Å²) in [7, 11) is 0. The van der Waals surface area contributed by atoms with Gasteiger partial charge in [0, 0.05) is 30.0 Å². The van der Waals surface area contributed by atoms with Crippen LogP contribution in [0.2, 0.25) is 0 Å². The number of rotatable bonds is 9. The van der Waals surface area contributed by atoms with Gasteiger partial charge in [-0.2, -0.15) is 0 Å². The van der Waals surface area contributed by atoms with Gasteiger partial charge in [0.2, 0.25) is 11.8 Å². The minimum atomic E-state index is -0.817.